The lowest BCUT2D eigenvalue weighted by molar-refractivity contribution is -0.122. The Kier molecular flexibility index (Phi) is 5.38. The van der Waals surface area contributed by atoms with Gasteiger partial charge in [-0.2, -0.15) is 0 Å². The number of carbonyl (C=O) groups excluding carboxylic acids is 2. The molecule has 0 fully saturated rings. The van der Waals surface area contributed by atoms with Gasteiger partial charge in [-0.1, -0.05) is 6.07 Å². The number of thiophene rings is 1. The lowest BCUT2D eigenvalue weighted by atomic mass is 10.1. The summed E-state index contributed by atoms with van der Waals surface area (Å²) in [6.45, 7) is 3.97. The SMILES string of the molecule is CC(=O)NC(CC(=O)NCc1ccc(C)n1C)c1cccs1. The van der Waals surface area contributed by atoms with Gasteiger partial charge in [0.25, 0.3) is 0 Å². The second-order valence-corrected chi connectivity index (χ2v) is 6.25. The highest BCUT2D eigenvalue weighted by Gasteiger charge is 2.18. The monoisotopic (exact) mass is 319 g/mol. The number of amides is 2. The van der Waals surface area contributed by atoms with Crippen molar-refractivity contribution in [2.45, 2.75) is 32.9 Å². The first kappa shape index (κ1) is 16.3. The molecular weight excluding hydrogens is 298 g/mol. The van der Waals surface area contributed by atoms with Gasteiger partial charge in [0.05, 0.1) is 19.0 Å². The highest BCUT2D eigenvalue weighted by atomic mass is 32.1. The molecule has 0 radical (unpaired) electrons. The number of nitrogens with one attached hydrogen (secondary N) is 2. The van der Waals surface area contributed by atoms with Crippen LogP contribution in [0.5, 0.6) is 0 Å². The molecule has 0 aliphatic carbocycles. The van der Waals surface area contributed by atoms with Gasteiger partial charge in [-0.25, -0.2) is 0 Å². The van der Waals surface area contributed by atoms with Gasteiger partial charge in [0.1, 0.15) is 0 Å². The zero-order valence-corrected chi connectivity index (χ0v) is 13.9. The molecule has 0 aromatic carbocycles. The molecule has 2 rings (SSSR count). The molecule has 0 saturated carbocycles. The summed E-state index contributed by atoms with van der Waals surface area (Å²) in [6.07, 6.45) is 0.240. The smallest absolute Gasteiger partial charge is 0.222 e. The summed E-state index contributed by atoms with van der Waals surface area (Å²) >= 11 is 1.54. The quantitative estimate of drug-likeness (QED) is 0.858. The number of rotatable bonds is 6. The topological polar surface area (TPSA) is 63.1 Å². The van der Waals surface area contributed by atoms with Crippen molar-refractivity contribution < 1.29 is 9.59 Å². The molecule has 118 valence electrons. The van der Waals surface area contributed by atoms with Crippen LogP contribution < -0.4 is 10.6 Å². The van der Waals surface area contributed by atoms with Crippen molar-refractivity contribution in [1.82, 2.24) is 15.2 Å². The molecule has 0 saturated heterocycles. The number of aromatic nitrogens is 1. The van der Waals surface area contributed by atoms with E-state index in [9.17, 15) is 9.59 Å². The summed E-state index contributed by atoms with van der Waals surface area (Å²) in [5.74, 6) is -0.213. The Hall–Kier alpha value is -2.08. The van der Waals surface area contributed by atoms with Crippen LogP contribution in [0, 0.1) is 6.92 Å². The first-order valence-corrected chi connectivity index (χ1v) is 8.03. The van der Waals surface area contributed by atoms with Crippen LogP contribution in [-0.2, 0) is 23.2 Å². The minimum absolute atomic E-state index is 0.0778. The van der Waals surface area contributed by atoms with Crippen molar-refractivity contribution >= 4 is 23.2 Å². The number of hydrogen-bond donors (Lipinski definition) is 2. The summed E-state index contributed by atoms with van der Waals surface area (Å²) in [7, 11) is 1.97. The first-order chi connectivity index (χ1) is 10.5. The standard InChI is InChI=1S/C16H21N3O2S/c1-11-6-7-13(19(11)3)10-17-16(21)9-14(18-12(2)20)15-5-4-8-22-15/h4-8,14H,9-10H2,1-3H3,(H,17,21)(H,18,20). The molecular formula is C16H21N3O2S. The van der Waals surface area contributed by atoms with Crippen LogP contribution in [-0.4, -0.2) is 16.4 Å². The largest absolute Gasteiger partial charge is 0.350 e. The minimum Gasteiger partial charge on any atom is -0.350 e. The average Bonchev–Trinajstić information content (AvgIpc) is 3.08. The normalized spacial score (nSPS) is 12.0. The molecule has 0 spiro atoms. The van der Waals surface area contributed by atoms with E-state index >= 15 is 0 Å². The predicted molar refractivity (Wildman–Crippen MR) is 87.5 cm³/mol. The van der Waals surface area contributed by atoms with Crippen molar-refractivity contribution in [3.63, 3.8) is 0 Å². The minimum atomic E-state index is -0.271. The highest BCUT2D eigenvalue weighted by Crippen LogP contribution is 2.22. The molecule has 5 nitrogen and oxygen atoms in total. The van der Waals surface area contributed by atoms with E-state index in [1.807, 2.05) is 48.2 Å². The lowest BCUT2D eigenvalue weighted by Gasteiger charge is -2.16. The zero-order chi connectivity index (χ0) is 16.1. The van der Waals surface area contributed by atoms with Gasteiger partial charge in [0.15, 0.2) is 0 Å². The number of aryl methyl sites for hydroxylation is 1. The molecule has 2 heterocycles. The second kappa shape index (κ2) is 7.26. The van der Waals surface area contributed by atoms with Crippen LogP contribution in [0.25, 0.3) is 0 Å². The molecule has 2 N–H and O–H groups in total. The highest BCUT2D eigenvalue weighted by molar-refractivity contribution is 7.10. The fraction of sp³-hybridized carbons (Fsp3) is 0.375. The second-order valence-electron chi connectivity index (χ2n) is 5.27. The first-order valence-electron chi connectivity index (χ1n) is 7.15. The number of hydrogen-bond acceptors (Lipinski definition) is 3. The Morgan fingerprint density at radius 3 is 2.64 bits per heavy atom. The Balaban J connectivity index is 1.93. The van der Waals surface area contributed by atoms with Gasteiger partial charge in [-0.05, 0) is 30.5 Å². The summed E-state index contributed by atoms with van der Waals surface area (Å²) in [6, 6.07) is 7.60. The predicted octanol–water partition coefficient (Wildman–Crippen LogP) is 2.28. The summed E-state index contributed by atoms with van der Waals surface area (Å²) in [5, 5.41) is 7.68. The van der Waals surface area contributed by atoms with E-state index in [-0.39, 0.29) is 24.3 Å². The molecule has 6 heteroatoms. The molecule has 1 atom stereocenters. The average molecular weight is 319 g/mol. The van der Waals surface area contributed by atoms with E-state index in [1.54, 1.807) is 0 Å². The summed E-state index contributed by atoms with van der Waals surface area (Å²) < 4.78 is 2.05. The molecule has 0 aliphatic rings. The fourth-order valence-electron chi connectivity index (χ4n) is 2.25. The van der Waals surface area contributed by atoms with Crippen LogP contribution in [0.15, 0.2) is 29.6 Å². The molecule has 0 bridgehead atoms. The van der Waals surface area contributed by atoms with Gasteiger partial charge in [0, 0.05) is 30.2 Å². The van der Waals surface area contributed by atoms with E-state index < -0.39 is 0 Å². The van der Waals surface area contributed by atoms with Crippen molar-refractivity contribution in [1.29, 1.82) is 0 Å². The van der Waals surface area contributed by atoms with E-state index in [2.05, 4.69) is 10.6 Å². The van der Waals surface area contributed by atoms with Gasteiger partial charge >= 0.3 is 0 Å². The van der Waals surface area contributed by atoms with Crippen LogP contribution in [0.3, 0.4) is 0 Å². The van der Waals surface area contributed by atoms with Crippen LogP contribution in [0.1, 0.15) is 35.7 Å². The zero-order valence-electron chi connectivity index (χ0n) is 13.1. The maximum absolute atomic E-state index is 12.2. The molecule has 22 heavy (non-hydrogen) atoms. The third kappa shape index (κ3) is 4.21. The van der Waals surface area contributed by atoms with Gasteiger partial charge in [0.2, 0.25) is 11.8 Å². The van der Waals surface area contributed by atoms with Crippen molar-refractivity contribution in [2.75, 3.05) is 0 Å². The third-order valence-electron chi connectivity index (χ3n) is 3.60. The molecule has 2 amide bonds. The van der Waals surface area contributed by atoms with E-state index in [0.717, 1.165) is 16.3 Å². The van der Waals surface area contributed by atoms with Crippen LogP contribution >= 0.6 is 11.3 Å². The van der Waals surface area contributed by atoms with Crippen LogP contribution in [0.4, 0.5) is 0 Å². The van der Waals surface area contributed by atoms with Gasteiger partial charge in [-0.15, -0.1) is 11.3 Å². The van der Waals surface area contributed by atoms with Gasteiger partial charge in [-0.3, -0.25) is 9.59 Å². The Morgan fingerprint density at radius 1 is 1.32 bits per heavy atom. The van der Waals surface area contributed by atoms with E-state index in [0.29, 0.717) is 6.54 Å². The summed E-state index contributed by atoms with van der Waals surface area (Å²) in [4.78, 5) is 24.5. The van der Waals surface area contributed by atoms with Crippen LogP contribution in [0.2, 0.25) is 0 Å². The molecule has 0 aliphatic heterocycles. The van der Waals surface area contributed by atoms with Gasteiger partial charge < -0.3 is 15.2 Å². The molecule has 2 aromatic heterocycles. The third-order valence-corrected chi connectivity index (χ3v) is 4.58. The fourth-order valence-corrected chi connectivity index (χ4v) is 3.03. The maximum atomic E-state index is 12.2. The van der Waals surface area contributed by atoms with Crippen molar-refractivity contribution in [3.8, 4) is 0 Å². The lowest BCUT2D eigenvalue weighted by Crippen LogP contribution is -2.32. The molecule has 1 unspecified atom stereocenters. The Morgan fingerprint density at radius 2 is 2.09 bits per heavy atom. The Labute approximate surface area is 134 Å². The number of carbonyl (C=O) groups is 2. The molecule has 2 aromatic rings. The Bertz CT molecular complexity index is 646. The maximum Gasteiger partial charge on any atom is 0.222 e. The van der Waals surface area contributed by atoms with Crippen molar-refractivity contribution in [2.24, 2.45) is 7.05 Å². The number of nitrogens with zero attached hydrogens (tertiary/aromatic N) is 1. The summed E-state index contributed by atoms with van der Waals surface area (Å²) in [5.41, 5.74) is 2.21. The van der Waals surface area contributed by atoms with Crippen molar-refractivity contribution in [3.05, 3.63) is 45.9 Å². The van der Waals surface area contributed by atoms with E-state index in [1.165, 1.54) is 18.3 Å². The van der Waals surface area contributed by atoms with E-state index in [4.69, 9.17) is 0 Å².